The highest BCUT2D eigenvalue weighted by Crippen LogP contribution is 2.11. The van der Waals surface area contributed by atoms with E-state index in [2.05, 4.69) is 9.88 Å². The first-order valence-electron chi connectivity index (χ1n) is 5.67. The zero-order valence-corrected chi connectivity index (χ0v) is 11.2. The number of benzene rings is 1. The van der Waals surface area contributed by atoms with Crippen molar-refractivity contribution in [1.29, 1.82) is 0 Å². The molecular weight excluding hydrogens is 268 g/mol. The monoisotopic (exact) mass is 282 g/mol. The van der Waals surface area contributed by atoms with Gasteiger partial charge in [0, 0.05) is 6.07 Å². The van der Waals surface area contributed by atoms with Gasteiger partial charge in [0.15, 0.2) is 5.82 Å². The van der Waals surface area contributed by atoms with Gasteiger partial charge in [-0.15, -0.1) is 0 Å². The van der Waals surface area contributed by atoms with E-state index >= 15 is 0 Å². The predicted molar refractivity (Wildman–Crippen MR) is 70.6 cm³/mol. The highest BCUT2D eigenvalue weighted by Gasteiger charge is 2.13. The van der Waals surface area contributed by atoms with Gasteiger partial charge in [0.25, 0.3) is 0 Å². The van der Waals surface area contributed by atoms with Crippen LogP contribution in [-0.2, 0) is 10.0 Å². The van der Waals surface area contributed by atoms with Crippen LogP contribution in [0, 0.1) is 6.92 Å². The minimum atomic E-state index is -3.49. The van der Waals surface area contributed by atoms with Crippen molar-refractivity contribution < 1.29 is 17.7 Å². The van der Waals surface area contributed by atoms with E-state index in [1.54, 1.807) is 19.1 Å². The van der Waals surface area contributed by atoms with Gasteiger partial charge in [0.2, 0.25) is 10.0 Å². The second kappa shape index (κ2) is 5.75. The molecule has 0 saturated carbocycles. The Labute approximate surface area is 111 Å². The third kappa shape index (κ3) is 4.29. The molecule has 1 aromatic carbocycles. The Balaban J connectivity index is 1.84. The van der Waals surface area contributed by atoms with E-state index in [0.717, 1.165) is 0 Å². The molecule has 19 heavy (non-hydrogen) atoms. The van der Waals surface area contributed by atoms with Crippen LogP contribution < -0.4 is 9.46 Å². The summed E-state index contributed by atoms with van der Waals surface area (Å²) in [5, 5.41) is 3.56. The summed E-state index contributed by atoms with van der Waals surface area (Å²) in [6.07, 6.45) is 0. The van der Waals surface area contributed by atoms with Crippen LogP contribution in [0.1, 0.15) is 5.76 Å². The van der Waals surface area contributed by atoms with E-state index in [0.29, 0.717) is 11.5 Å². The summed E-state index contributed by atoms with van der Waals surface area (Å²) in [6.45, 7) is 1.75. The van der Waals surface area contributed by atoms with Gasteiger partial charge in [0.05, 0.1) is 0 Å². The molecule has 0 aliphatic heterocycles. The molecule has 1 aromatic heterocycles. The largest absolute Gasteiger partial charge is 0.492 e. The average molecular weight is 282 g/mol. The highest BCUT2D eigenvalue weighted by atomic mass is 32.2. The SMILES string of the molecule is Cc1cc(NS(=O)(=O)CCOc2ccccc2)no1. The smallest absolute Gasteiger partial charge is 0.237 e. The molecule has 6 nitrogen and oxygen atoms in total. The molecule has 0 spiro atoms. The number of anilines is 1. The number of aromatic nitrogens is 1. The Morgan fingerprint density at radius 2 is 2.05 bits per heavy atom. The van der Waals surface area contributed by atoms with Crippen LogP contribution in [0.3, 0.4) is 0 Å². The molecule has 1 N–H and O–H groups in total. The summed E-state index contributed by atoms with van der Waals surface area (Å²) in [6, 6.07) is 10.5. The van der Waals surface area contributed by atoms with Crippen LogP contribution in [0.2, 0.25) is 0 Å². The minimum absolute atomic E-state index is 0.0657. The molecule has 0 bridgehead atoms. The fraction of sp³-hybridized carbons (Fsp3) is 0.250. The Morgan fingerprint density at radius 1 is 1.32 bits per heavy atom. The number of hydrogen-bond acceptors (Lipinski definition) is 5. The van der Waals surface area contributed by atoms with Gasteiger partial charge in [-0.05, 0) is 19.1 Å². The fourth-order valence-electron chi connectivity index (χ4n) is 1.41. The van der Waals surface area contributed by atoms with Crippen molar-refractivity contribution in [3.8, 4) is 5.75 Å². The van der Waals surface area contributed by atoms with Crippen molar-refractivity contribution in [3.63, 3.8) is 0 Å². The molecule has 0 aliphatic carbocycles. The molecule has 0 fully saturated rings. The zero-order valence-electron chi connectivity index (χ0n) is 10.4. The minimum Gasteiger partial charge on any atom is -0.492 e. The number of sulfonamides is 1. The van der Waals surface area contributed by atoms with Crippen molar-refractivity contribution in [2.45, 2.75) is 6.92 Å². The van der Waals surface area contributed by atoms with Crippen molar-refractivity contribution in [2.75, 3.05) is 17.1 Å². The van der Waals surface area contributed by atoms with Crippen molar-refractivity contribution in [3.05, 3.63) is 42.2 Å². The highest BCUT2D eigenvalue weighted by molar-refractivity contribution is 7.92. The maximum absolute atomic E-state index is 11.7. The third-order valence-electron chi connectivity index (χ3n) is 2.25. The third-order valence-corrected chi connectivity index (χ3v) is 3.48. The van der Waals surface area contributed by atoms with Gasteiger partial charge in [-0.2, -0.15) is 0 Å². The first kappa shape index (κ1) is 13.4. The molecule has 0 radical (unpaired) electrons. The number of nitrogens with zero attached hydrogens (tertiary/aromatic N) is 1. The van der Waals surface area contributed by atoms with Gasteiger partial charge in [-0.3, -0.25) is 4.72 Å². The van der Waals surface area contributed by atoms with Gasteiger partial charge in [-0.1, -0.05) is 23.4 Å². The van der Waals surface area contributed by atoms with E-state index in [9.17, 15) is 8.42 Å². The second-order valence-corrected chi connectivity index (χ2v) is 5.75. The van der Waals surface area contributed by atoms with Crippen molar-refractivity contribution >= 4 is 15.8 Å². The van der Waals surface area contributed by atoms with E-state index in [4.69, 9.17) is 9.26 Å². The lowest BCUT2D eigenvalue weighted by molar-refractivity contribution is 0.341. The Hall–Kier alpha value is -2.02. The van der Waals surface area contributed by atoms with Crippen molar-refractivity contribution in [1.82, 2.24) is 5.16 Å². The number of rotatable bonds is 6. The lowest BCUT2D eigenvalue weighted by Crippen LogP contribution is -2.21. The number of ether oxygens (including phenoxy) is 1. The standard InChI is InChI=1S/C12H14N2O4S/c1-10-9-12(13-18-10)14-19(15,16)8-7-17-11-5-3-2-4-6-11/h2-6,9H,7-8H2,1H3,(H,13,14). The maximum Gasteiger partial charge on any atom is 0.237 e. The topological polar surface area (TPSA) is 81.4 Å². The second-order valence-electron chi connectivity index (χ2n) is 3.91. The number of aryl methyl sites for hydroxylation is 1. The summed E-state index contributed by atoms with van der Waals surface area (Å²) >= 11 is 0. The normalized spacial score (nSPS) is 11.2. The molecule has 0 unspecified atom stereocenters. The van der Waals surface area contributed by atoms with Gasteiger partial charge >= 0.3 is 0 Å². The quantitative estimate of drug-likeness (QED) is 0.873. The van der Waals surface area contributed by atoms with Crippen molar-refractivity contribution in [2.24, 2.45) is 0 Å². The summed E-state index contributed by atoms with van der Waals surface area (Å²) in [5.41, 5.74) is 0. The van der Waals surface area contributed by atoms with Crippen LogP contribution in [0.4, 0.5) is 5.82 Å². The van der Waals surface area contributed by atoms with Crippen LogP contribution in [0.15, 0.2) is 40.9 Å². The molecule has 0 saturated heterocycles. The van der Waals surface area contributed by atoms with E-state index in [1.165, 1.54) is 6.07 Å². The maximum atomic E-state index is 11.7. The molecule has 2 aromatic rings. The van der Waals surface area contributed by atoms with E-state index < -0.39 is 10.0 Å². The molecule has 7 heteroatoms. The summed E-state index contributed by atoms with van der Waals surface area (Å²) < 4.78 is 35.9. The molecule has 0 aliphatic rings. The Bertz CT molecular complexity index is 622. The number of para-hydroxylation sites is 1. The van der Waals surface area contributed by atoms with Gasteiger partial charge in [0.1, 0.15) is 23.9 Å². The summed E-state index contributed by atoms with van der Waals surface area (Å²) in [4.78, 5) is 0. The van der Waals surface area contributed by atoms with Crippen LogP contribution in [0.25, 0.3) is 0 Å². The number of nitrogens with one attached hydrogen (secondary N) is 1. The average Bonchev–Trinajstić information content (AvgIpc) is 2.75. The number of hydrogen-bond donors (Lipinski definition) is 1. The molecule has 0 atom stereocenters. The van der Waals surface area contributed by atoms with Crippen LogP contribution >= 0.6 is 0 Å². The van der Waals surface area contributed by atoms with Gasteiger partial charge < -0.3 is 9.26 Å². The van der Waals surface area contributed by atoms with Gasteiger partial charge in [-0.25, -0.2) is 8.42 Å². The first-order chi connectivity index (χ1) is 9.05. The fourth-order valence-corrected chi connectivity index (χ4v) is 2.23. The Morgan fingerprint density at radius 3 is 2.68 bits per heavy atom. The predicted octanol–water partition coefficient (Wildman–Crippen LogP) is 1.80. The Kier molecular flexibility index (Phi) is 4.06. The van der Waals surface area contributed by atoms with E-state index in [1.807, 2.05) is 18.2 Å². The van der Waals surface area contributed by atoms with E-state index in [-0.39, 0.29) is 18.2 Å². The zero-order chi connectivity index (χ0) is 13.7. The van der Waals surface area contributed by atoms with Crippen LogP contribution in [0.5, 0.6) is 5.75 Å². The lowest BCUT2D eigenvalue weighted by Gasteiger charge is -2.07. The van der Waals surface area contributed by atoms with Crippen LogP contribution in [-0.4, -0.2) is 25.9 Å². The summed E-state index contributed by atoms with van der Waals surface area (Å²) in [5.74, 6) is 1.19. The molecule has 1 heterocycles. The molecular formula is C12H14N2O4S. The molecule has 0 amide bonds. The molecule has 2 rings (SSSR count). The summed E-state index contributed by atoms with van der Waals surface area (Å²) in [7, 11) is -3.49. The molecule has 102 valence electrons. The lowest BCUT2D eigenvalue weighted by atomic mass is 10.3. The first-order valence-corrected chi connectivity index (χ1v) is 7.32.